The van der Waals surface area contributed by atoms with E-state index in [-0.39, 0.29) is 0 Å². The molecular weight excluding hydrogens is 260 g/mol. The van der Waals surface area contributed by atoms with E-state index in [1.54, 1.807) is 0 Å². The first-order valence-electron chi connectivity index (χ1n) is 7.78. The van der Waals surface area contributed by atoms with Crippen molar-refractivity contribution in [2.75, 3.05) is 6.61 Å². The van der Waals surface area contributed by atoms with E-state index in [4.69, 9.17) is 4.74 Å². The van der Waals surface area contributed by atoms with Crippen LogP contribution in [0.25, 0.3) is 0 Å². The summed E-state index contributed by atoms with van der Waals surface area (Å²) in [7, 11) is 0. The topological polar surface area (TPSA) is 29.5 Å². The zero-order valence-electron chi connectivity index (χ0n) is 12.5. The average molecular weight is 282 g/mol. The molecule has 2 nitrogen and oxygen atoms in total. The number of aliphatic hydroxyl groups excluding tert-OH is 1. The quantitative estimate of drug-likeness (QED) is 0.902. The Kier molecular flexibility index (Phi) is 4.26. The second-order valence-electron chi connectivity index (χ2n) is 5.68. The minimum atomic E-state index is -0.482. The van der Waals surface area contributed by atoms with Crippen molar-refractivity contribution < 1.29 is 9.84 Å². The minimum absolute atomic E-state index is 0.482. The Morgan fingerprint density at radius 2 is 1.95 bits per heavy atom. The van der Waals surface area contributed by atoms with Crippen molar-refractivity contribution in [1.29, 1.82) is 0 Å². The Morgan fingerprint density at radius 3 is 2.81 bits per heavy atom. The number of benzene rings is 2. The van der Waals surface area contributed by atoms with Crippen LogP contribution in [0.5, 0.6) is 5.75 Å². The van der Waals surface area contributed by atoms with Crippen molar-refractivity contribution in [3.05, 3.63) is 64.7 Å². The largest absolute Gasteiger partial charge is 0.494 e. The number of aryl methyl sites for hydroxylation is 2. The predicted octanol–water partition coefficient (Wildman–Crippen LogP) is 3.85. The SMILES string of the molecule is CCOc1cccc(C(O)Cc2ccc3c(c2)CCC3)c1. The molecule has 0 amide bonds. The summed E-state index contributed by atoms with van der Waals surface area (Å²) in [6.07, 6.45) is 3.82. The molecule has 21 heavy (non-hydrogen) atoms. The van der Waals surface area contributed by atoms with Gasteiger partial charge in [-0.05, 0) is 60.6 Å². The van der Waals surface area contributed by atoms with E-state index in [9.17, 15) is 5.11 Å². The van der Waals surface area contributed by atoms with E-state index in [1.807, 2.05) is 31.2 Å². The Morgan fingerprint density at radius 1 is 1.10 bits per heavy atom. The van der Waals surface area contributed by atoms with E-state index in [2.05, 4.69) is 18.2 Å². The van der Waals surface area contributed by atoms with Gasteiger partial charge in [-0.25, -0.2) is 0 Å². The standard InChI is InChI=1S/C19H22O2/c1-2-21-18-8-4-7-17(13-18)19(20)12-14-9-10-15-5-3-6-16(15)11-14/h4,7-11,13,19-20H,2-3,5-6,12H2,1H3. The Labute approximate surface area is 126 Å². The van der Waals surface area contributed by atoms with E-state index >= 15 is 0 Å². The highest BCUT2D eigenvalue weighted by atomic mass is 16.5. The van der Waals surface area contributed by atoms with Gasteiger partial charge in [0.05, 0.1) is 12.7 Å². The smallest absolute Gasteiger partial charge is 0.119 e. The van der Waals surface area contributed by atoms with Crippen LogP contribution in [0.1, 0.15) is 41.7 Å². The minimum Gasteiger partial charge on any atom is -0.494 e. The number of rotatable bonds is 5. The van der Waals surface area contributed by atoms with Crippen LogP contribution in [0.4, 0.5) is 0 Å². The summed E-state index contributed by atoms with van der Waals surface area (Å²) >= 11 is 0. The lowest BCUT2D eigenvalue weighted by Crippen LogP contribution is -2.03. The van der Waals surface area contributed by atoms with Crippen LogP contribution in [0.2, 0.25) is 0 Å². The monoisotopic (exact) mass is 282 g/mol. The predicted molar refractivity (Wildman–Crippen MR) is 84.7 cm³/mol. The molecule has 1 unspecified atom stereocenters. The lowest BCUT2D eigenvalue weighted by molar-refractivity contribution is 0.178. The lowest BCUT2D eigenvalue weighted by atomic mass is 9.98. The van der Waals surface area contributed by atoms with Crippen molar-refractivity contribution in [2.24, 2.45) is 0 Å². The summed E-state index contributed by atoms with van der Waals surface area (Å²) in [5.41, 5.74) is 5.07. The third-order valence-corrected chi connectivity index (χ3v) is 4.15. The first-order chi connectivity index (χ1) is 10.3. The summed E-state index contributed by atoms with van der Waals surface area (Å²) in [4.78, 5) is 0. The van der Waals surface area contributed by atoms with Gasteiger partial charge in [0, 0.05) is 6.42 Å². The Bertz CT molecular complexity index is 619. The van der Waals surface area contributed by atoms with Gasteiger partial charge in [-0.2, -0.15) is 0 Å². The molecule has 2 aromatic rings. The second-order valence-corrected chi connectivity index (χ2v) is 5.68. The van der Waals surface area contributed by atoms with Crippen molar-refractivity contribution in [3.8, 4) is 5.75 Å². The van der Waals surface area contributed by atoms with Crippen molar-refractivity contribution in [1.82, 2.24) is 0 Å². The summed E-state index contributed by atoms with van der Waals surface area (Å²) in [5.74, 6) is 0.822. The van der Waals surface area contributed by atoms with Gasteiger partial charge in [0.15, 0.2) is 0 Å². The van der Waals surface area contributed by atoms with Gasteiger partial charge in [0.2, 0.25) is 0 Å². The third kappa shape index (κ3) is 3.27. The van der Waals surface area contributed by atoms with Gasteiger partial charge >= 0.3 is 0 Å². The van der Waals surface area contributed by atoms with Crippen LogP contribution in [0.3, 0.4) is 0 Å². The molecule has 0 saturated heterocycles. The molecule has 1 aliphatic carbocycles. The summed E-state index contributed by atoms with van der Waals surface area (Å²) < 4.78 is 5.50. The third-order valence-electron chi connectivity index (χ3n) is 4.15. The van der Waals surface area contributed by atoms with Gasteiger partial charge in [0.25, 0.3) is 0 Å². The van der Waals surface area contributed by atoms with Crippen molar-refractivity contribution in [2.45, 2.75) is 38.7 Å². The molecule has 0 heterocycles. The zero-order valence-corrected chi connectivity index (χ0v) is 12.5. The molecule has 0 radical (unpaired) electrons. The van der Waals surface area contributed by atoms with Crippen molar-refractivity contribution >= 4 is 0 Å². The van der Waals surface area contributed by atoms with Crippen LogP contribution in [0.15, 0.2) is 42.5 Å². The fourth-order valence-electron chi connectivity index (χ4n) is 3.07. The highest BCUT2D eigenvalue weighted by Crippen LogP contribution is 2.26. The highest BCUT2D eigenvalue weighted by molar-refractivity contribution is 5.36. The lowest BCUT2D eigenvalue weighted by Gasteiger charge is -2.13. The normalized spacial score (nSPS) is 14.8. The fourth-order valence-corrected chi connectivity index (χ4v) is 3.07. The molecule has 1 N–H and O–H groups in total. The first-order valence-corrected chi connectivity index (χ1v) is 7.78. The number of fused-ring (bicyclic) bond motifs is 1. The molecule has 2 heteroatoms. The van der Waals surface area contributed by atoms with E-state index < -0.39 is 6.10 Å². The molecule has 2 aromatic carbocycles. The fraction of sp³-hybridized carbons (Fsp3) is 0.368. The molecule has 110 valence electrons. The zero-order chi connectivity index (χ0) is 14.7. The van der Waals surface area contributed by atoms with E-state index in [1.165, 1.54) is 36.0 Å². The number of hydrogen-bond donors (Lipinski definition) is 1. The second kappa shape index (κ2) is 6.31. The Balaban J connectivity index is 1.73. The molecule has 1 aliphatic rings. The van der Waals surface area contributed by atoms with Gasteiger partial charge in [0.1, 0.15) is 5.75 Å². The molecule has 0 fully saturated rings. The van der Waals surface area contributed by atoms with Crippen LogP contribution in [0, 0.1) is 0 Å². The molecular formula is C19H22O2. The van der Waals surface area contributed by atoms with Gasteiger partial charge in [-0.15, -0.1) is 0 Å². The highest BCUT2D eigenvalue weighted by Gasteiger charge is 2.14. The van der Waals surface area contributed by atoms with Gasteiger partial charge < -0.3 is 9.84 Å². The molecule has 0 spiro atoms. The van der Waals surface area contributed by atoms with Crippen LogP contribution in [-0.4, -0.2) is 11.7 Å². The van der Waals surface area contributed by atoms with Crippen molar-refractivity contribution in [3.63, 3.8) is 0 Å². The summed E-state index contributed by atoms with van der Waals surface area (Å²) in [6, 6.07) is 14.4. The van der Waals surface area contributed by atoms with E-state index in [0.29, 0.717) is 13.0 Å². The molecule has 1 atom stereocenters. The number of hydrogen-bond acceptors (Lipinski definition) is 2. The molecule has 0 bridgehead atoms. The van der Waals surface area contributed by atoms with E-state index in [0.717, 1.165) is 11.3 Å². The maximum Gasteiger partial charge on any atom is 0.119 e. The van der Waals surface area contributed by atoms with Crippen LogP contribution < -0.4 is 4.74 Å². The van der Waals surface area contributed by atoms with Crippen LogP contribution in [-0.2, 0) is 19.3 Å². The first kappa shape index (κ1) is 14.2. The van der Waals surface area contributed by atoms with Gasteiger partial charge in [-0.3, -0.25) is 0 Å². The summed E-state index contributed by atoms with van der Waals surface area (Å²) in [6.45, 7) is 2.61. The average Bonchev–Trinajstić information content (AvgIpc) is 2.95. The maximum absolute atomic E-state index is 10.5. The maximum atomic E-state index is 10.5. The number of aliphatic hydroxyl groups is 1. The molecule has 0 saturated carbocycles. The summed E-state index contributed by atoms with van der Waals surface area (Å²) in [5, 5.41) is 10.5. The Hall–Kier alpha value is -1.80. The van der Waals surface area contributed by atoms with Gasteiger partial charge in [-0.1, -0.05) is 30.3 Å². The molecule has 3 rings (SSSR count). The number of ether oxygens (including phenoxy) is 1. The molecule has 0 aromatic heterocycles. The molecule has 0 aliphatic heterocycles. The van der Waals surface area contributed by atoms with Crippen LogP contribution >= 0.6 is 0 Å².